The number of rotatable bonds is 6. The van der Waals surface area contributed by atoms with Crippen molar-refractivity contribution in [1.82, 2.24) is 10.2 Å². The highest BCUT2D eigenvalue weighted by molar-refractivity contribution is 5.92. The van der Waals surface area contributed by atoms with Crippen molar-refractivity contribution in [2.45, 2.75) is 39.3 Å². The van der Waals surface area contributed by atoms with E-state index >= 15 is 0 Å². The highest BCUT2D eigenvalue weighted by Gasteiger charge is 2.19. The third-order valence-electron chi connectivity index (χ3n) is 5.25. The first-order chi connectivity index (χ1) is 13.0. The first kappa shape index (κ1) is 19.4. The highest BCUT2D eigenvalue weighted by atomic mass is 16.3. The van der Waals surface area contributed by atoms with Crippen LogP contribution in [0, 0.1) is 13.8 Å². The molecule has 0 unspecified atom stereocenters. The van der Waals surface area contributed by atoms with Crippen LogP contribution in [-0.4, -0.2) is 41.6 Å². The molecule has 0 spiro atoms. The van der Waals surface area contributed by atoms with E-state index < -0.39 is 0 Å². The van der Waals surface area contributed by atoms with Crippen LogP contribution in [0.25, 0.3) is 0 Å². The van der Waals surface area contributed by atoms with Crippen molar-refractivity contribution < 1.29 is 9.90 Å². The Bertz CT molecular complexity index is 783. The molecule has 1 amide bonds. The van der Waals surface area contributed by atoms with Crippen molar-refractivity contribution in [3.05, 3.63) is 59.2 Å². The molecule has 5 nitrogen and oxygen atoms in total. The maximum Gasteiger partial charge on any atom is 0.238 e. The summed E-state index contributed by atoms with van der Waals surface area (Å²) in [5, 5.41) is 15.9. The van der Waals surface area contributed by atoms with Gasteiger partial charge in [0.15, 0.2) is 0 Å². The lowest BCUT2D eigenvalue weighted by Gasteiger charge is -2.32. The largest absolute Gasteiger partial charge is 0.508 e. The number of phenolic OH excluding ortho intramolecular Hbond substituents is 1. The molecule has 1 fully saturated rings. The molecule has 0 bridgehead atoms. The number of aromatic hydroxyl groups is 1. The second-order valence-electron chi connectivity index (χ2n) is 7.45. The molecule has 0 saturated carbocycles. The van der Waals surface area contributed by atoms with E-state index in [1.807, 2.05) is 43.3 Å². The normalized spacial score (nSPS) is 15.6. The van der Waals surface area contributed by atoms with Gasteiger partial charge < -0.3 is 15.7 Å². The molecule has 1 heterocycles. The summed E-state index contributed by atoms with van der Waals surface area (Å²) in [5.41, 5.74) is 4.39. The van der Waals surface area contributed by atoms with Crippen LogP contribution < -0.4 is 10.6 Å². The summed E-state index contributed by atoms with van der Waals surface area (Å²) in [6.07, 6.45) is 2.05. The topological polar surface area (TPSA) is 64.6 Å². The molecule has 3 rings (SSSR count). The van der Waals surface area contributed by atoms with Gasteiger partial charge in [0, 0.05) is 18.3 Å². The monoisotopic (exact) mass is 367 g/mol. The fraction of sp³-hybridized carbons (Fsp3) is 0.409. The summed E-state index contributed by atoms with van der Waals surface area (Å²) in [7, 11) is 0. The number of amides is 1. The van der Waals surface area contributed by atoms with Crippen LogP contribution in [0.1, 0.15) is 29.5 Å². The smallest absolute Gasteiger partial charge is 0.238 e. The van der Waals surface area contributed by atoms with E-state index in [-0.39, 0.29) is 5.91 Å². The molecular weight excluding hydrogens is 338 g/mol. The molecule has 0 aliphatic carbocycles. The number of carbonyl (C=O) groups is 1. The standard InChI is InChI=1S/C22H29N3O2/c1-16-6-7-20(12-17(16)2)24-22(27)14-23-19-8-10-25(11-9-19)15-18-4-3-5-21(26)13-18/h3-7,12-13,19,23,26H,8-11,14-15H2,1-2H3,(H,24,27). The Hall–Kier alpha value is -2.37. The van der Waals surface area contributed by atoms with Gasteiger partial charge in [0.05, 0.1) is 6.54 Å². The van der Waals surface area contributed by atoms with Crippen LogP contribution in [0.4, 0.5) is 5.69 Å². The number of nitrogens with zero attached hydrogens (tertiary/aromatic N) is 1. The zero-order valence-corrected chi connectivity index (χ0v) is 16.2. The Kier molecular flexibility index (Phi) is 6.48. The molecule has 1 saturated heterocycles. The van der Waals surface area contributed by atoms with Crippen molar-refractivity contribution in [3.63, 3.8) is 0 Å². The lowest BCUT2D eigenvalue weighted by atomic mass is 10.0. The third-order valence-corrected chi connectivity index (χ3v) is 5.25. The van der Waals surface area contributed by atoms with Crippen molar-refractivity contribution in [1.29, 1.82) is 0 Å². The molecule has 27 heavy (non-hydrogen) atoms. The molecule has 1 aliphatic rings. The maximum absolute atomic E-state index is 12.2. The highest BCUT2D eigenvalue weighted by Crippen LogP contribution is 2.17. The van der Waals surface area contributed by atoms with E-state index in [2.05, 4.69) is 22.5 Å². The van der Waals surface area contributed by atoms with Crippen LogP contribution in [0.3, 0.4) is 0 Å². The number of likely N-dealkylation sites (tertiary alicyclic amines) is 1. The lowest BCUT2D eigenvalue weighted by molar-refractivity contribution is -0.115. The molecule has 0 aromatic heterocycles. The lowest BCUT2D eigenvalue weighted by Crippen LogP contribution is -2.44. The summed E-state index contributed by atoms with van der Waals surface area (Å²) < 4.78 is 0. The minimum Gasteiger partial charge on any atom is -0.508 e. The van der Waals surface area contributed by atoms with Gasteiger partial charge in [0.1, 0.15) is 5.75 Å². The number of aryl methyl sites for hydroxylation is 2. The summed E-state index contributed by atoms with van der Waals surface area (Å²) in [6, 6.07) is 13.8. The fourth-order valence-electron chi connectivity index (χ4n) is 3.47. The van der Waals surface area contributed by atoms with Gasteiger partial charge in [0.2, 0.25) is 5.91 Å². The minimum atomic E-state index is 0.000411. The van der Waals surface area contributed by atoms with Gasteiger partial charge in [-0.15, -0.1) is 0 Å². The average molecular weight is 367 g/mol. The Balaban J connectivity index is 1.38. The van der Waals surface area contributed by atoms with Crippen LogP contribution in [0.5, 0.6) is 5.75 Å². The molecule has 0 atom stereocenters. The zero-order chi connectivity index (χ0) is 19.2. The van der Waals surface area contributed by atoms with E-state index in [1.54, 1.807) is 6.07 Å². The number of anilines is 1. The molecule has 0 radical (unpaired) electrons. The number of benzene rings is 2. The quantitative estimate of drug-likeness (QED) is 0.734. The molecule has 2 aromatic rings. The van der Waals surface area contributed by atoms with E-state index in [0.29, 0.717) is 18.3 Å². The molecule has 3 N–H and O–H groups in total. The van der Waals surface area contributed by atoms with E-state index in [4.69, 9.17) is 0 Å². The molecule has 144 valence electrons. The minimum absolute atomic E-state index is 0.000411. The molecular formula is C22H29N3O2. The molecule has 5 heteroatoms. The van der Waals surface area contributed by atoms with Gasteiger partial charge >= 0.3 is 0 Å². The summed E-state index contributed by atoms with van der Waals surface area (Å²) >= 11 is 0. The number of nitrogens with one attached hydrogen (secondary N) is 2. The third kappa shape index (κ3) is 5.81. The van der Waals surface area contributed by atoms with E-state index in [0.717, 1.165) is 43.7 Å². The SMILES string of the molecule is Cc1ccc(NC(=O)CNC2CCN(Cc3cccc(O)c3)CC2)cc1C. The van der Waals surface area contributed by atoms with E-state index in [9.17, 15) is 9.90 Å². The summed E-state index contributed by atoms with van der Waals surface area (Å²) in [5.74, 6) is 0.319. The van der Waals surface area contributed by atoms with Crippen LogP contribution in [-0.2, 0) is 11.3 Å². The van der Waals surface area contributed by atoms with Crippen LogP contribution in [0.2, 0.25) is 0 Å². The van der Waals surface area contributed by atoms with Crippen LogP contribution in [0.15, 0.2) is 42.5 Å². The van der Waals surface area contributed by atoms with Gasteiger partial charge in [-0.1, -0.05) is 18.2 Å². The first-order valence-corrected chi connectivity index (χ1v) is 9.60. The second kappa shape index (κ2) is 9.02. The average Bonchev–Trinajstić information content (AvgIpc) is 2.64. The Labute approximate surface area is 161 Å². The van der Waals surface area contributed by atoms with Crippen molar-refractivity contribution in [2.75, 3.05) is 25.0 Å². The van der Waals surface area contributed by atoms with Gasteiger partial charge in [0.25, 0.3) is 0 Å². The Morgan fingerprint density at radius 3 is 2.59 bits per heavy atom. The summed E-state index contributed by atoms with van der Waals surface area (Å²) in [6.45, 7) is 7.29. The first-order valence-electron chi connectivity index (χ1n) is 9.60. The number of hydrogen-bond acceptors (Lipinski definition) is 4. The Morgan fingerprint density at radius 2 is 1.89 bits per heavy atom. The van der Waals surface area contributed by atoms with Gasteiger partial charge in [-0.3, -0.25) is 9.69 Å². The second-order valence-corrected chi connectivity index (χ2v) is 7.45. The van der Waals surface area contributed by atoms with Crippen LogP contribution >= 0.6 is 0 Å². The zero-order valence-electron chi connectivity index (χ0n) is 16.2. The van der Waals surface area contributed by atoms with Gasteiger partial charge in [-0.2, -0.15) is 0 Å². The maximum atomic E-state index is 12.2. The molecule has 2 aromatic carbocycles. The van der Waals surface area contributed by atoms with Crippen molar-refractivity contribution in [3.8, 4) is 5.75 Å². The Morgan fingerprint density at radius 1 is 1.11 bits per heavy atom. The number of piperidine rings is 1. The summed E-state index contributed by atoms with van der Waals surface area (Å²) in [4.78, 5) is 14.6. The number of hydrogen-bond donors (Lipinski definition) is 3. The van der Waals surface area contributed by atoms with Crippen molar-refractivity contribution >= 4 is 11.6 Å². The number of carbonyl (C=O) groups excluding carboxylic acids is 1. The number of phenols is 1. The van der Waals surface area contributed by atoms with E-state index in [1.165, 1.54) is 11.1 Å². The van der Waals surface area contributed by atoms with Gasteiger partial charge in [-0.05, 0) is 80.7 Å². The van der Waals surface area contributed by atoms with Crippen molar-refractivity contribution in [2.24, 2.45) is 0 Å². The van der Waals surface area contributed by atoms with Gasteiger partial charge in [-0.25, -0.2) is 0 Å². The molecule has 1 aliphatic heterocycles. The predicted octanol–water partition coefficient (Wildman–Crippen LogP) is 3.20. The fourth-order valence-corrected chi connectivity index (χ4v) is 3.47. The predicted molar refractivity (Wildman–Crippen MR) is 109 cm³/mol.